The van der Waals surface area contributed by atoms with E-state index in [-0.39, 0.29) is 18.3 Å². The molecule has 1 aromatic heterocycles. The molecule has 134 valence electrons. The van der Waals surface area contributed by atoms with E-state index < -0.39 is 17.0 Å². The SMILES string of the molecule is COC(=O)[C@@]1(C)CC[C@H](Cc2ccc(F)cc2)[C@]1(O)Cn1cncn1. The second-order valence-corrected chi connectivity index (χ2v) is 6.91. The summed E-state index contributed by atoms with van der Waals surface area (Å²) in [4.78, 5) is 16.4. The van der Waals surface area contributed by atoms with Crippen LogP contribution in [-0.4, -0.2) is 38.6 Å². The van der Waals surface area contributed by atoms with Crippen LogP contribution in [0.15, 0.2) is 36.9 Å². The van der Waals surface area contributed by atoms with E-state index in [0.717, 1.165) is 5.56 Å². The highest BCUT2D eigenvalue weighted by molar-refractivity contribution is 5.78. The van der Waals surface area contributed by atoms with E-state index in [0.29, 0.717) is 19.3 Å². The van der Waals surface area contributed by atoms with Crippen molar-refractivity contribution in [2.45, 2.75) is 38.3 Å². The molecule has 1 aromatic carbocycles. The zero-order valence-electron chi connectivity index (χ0n) is 14.4. The summed E-state index contributed by atoms with van der Waals surface area (Å²) < 4.78 is 19.7. The minimum absolute atomic E-state index is 0.143. The molecule has 2 aromatic rings. The Kier molecular flexibility index (Phi) is 4.60. The Hall–Kier alpha value is -2.28. The molecule has 0 amide bonds. The molecule has 1 aliphatic rings. The number of rotatable bonds is 5. The van der Waals surface area contributed by atoms with Gasteiger partial charge in [0.1, 0.15) is 24.1 Å². The van der Waals surface area contributed by atoms with E-state index in [9.17, 15) is 14.3 Å². The molecule has 0 unspecified atom stereocenters. The van der Waals surface area contributed by atoms with Crippen LogP contribution in [-0.2, 0) is 22.5 Å². The van der Waals surface area contributed by atoms with Crippen LogP contribution in [0.25, 0.3) is 0 Å². The Bertz CT molecular complexity index is 735. The molecule has 3 rings (SSSR count). The Balaban J connectivity index is 1.93. The van der Waals surface area contributed by atoms with Crippen LogP contribution in [0.4, 0.5) is 4.39 Å². The molecule has 0 aliphatic heterocycles. The van der Waals surface area contributed by atoms with E-state index in [4.69, 9.17) is 4.74 Å². The van der Waals surface area contributed by atoms with E-state index >= 15 is 0 Å². The lowest BCUT2D eigenvalue weighted by molar-refractivity contribution is -0.173. The van der Waals surface area contributed by atoms with Crippen molar-refractivity contribution < 1.29 is 19.0 Å². The van der Waals surface area contributed by atoms with Gasteiger partial charge in [0.25, 0.3) is 0 Å². The van der Waals surface area contributed by atoms with E-state index in [1.165, 1.54) is 36.6 Å². The highest BCUT2D eigenvalue weighted by Gasteiger charge is 2.61. The van der Waals surface area contributed by atoms with Gasteiger partial charge < -0.3 is 9.84 Å². The van der Waals surface area contributed by atoms with Crippen molar-refractivity contribution in [3.63, 3.8) is 0 Å². The number of aliphatic hydroxyl groups is 1. The molecule has 0 bridgehead atoms. The van der Waals surface area contributed by atoms with Crippen molar-refractivity contribution in [2.75, 3.05) is 7.11 Å². The Morgan fingerprint density at radius 3 is 2.76 bits per heavy atom. The number of nitrogens with zero attached hydrogens (tertiary/aromatic N) is 3. The summed E-state index contributed by atoms with van der Waals surface area (Å²) in [5.74, 6) is -0.921. The van der Waals surface area contributed by atoms with Crippen molar-refractivity contribution in [3.05, 3.63) is 48.3 Å². The van der Waals surface area contributed by atoms with Gasteiger partial charge in [0.15, 0.2) is 0 Å². The summed E-state index contributed by atoms with van der Waals surface area (Å²) in [5.41, 5.74) is -1.47. The smallest absolute Gasteiger partial charge is 0.314 e. The van der Waals surface area contributed by atoms with Gasteiger partial charge in [-0.25, -0.2) is 9.37 Å². The minimum atomic E-state index is -1.35. The standard InChI is InChI=1S/C18H22FN3O3/c1-17(16(23)25-2)8-7-14(9-13-3-5-15(19)6-4-13)18(17,24)10-22-12-20-11-21-22/h3-6,11-12,14,24H,7-10H2,1-2H3/t14-,17-,18-/m1/s1. The summed E-state index contributed by atoms with van der Waals surface area (Å²) in [5, 5.41) is 15.7. The number of hydrogen-bond acceptors (Lipinski definition) is 5. The first-order chi connectivity index (χ1) is 11.9. The van der Waals surface area contributed by atoms with Crippen molar-refractivity contribution >= 4 is 5.97 Å². The molecular weight excluding hydrogens is 325 g/mol. The predicted octanol–water partition coefficient (Wildman–Crippen LogP) is 1.98. The monoisotopic (exact) mass is 347 g/mol. The number of aromatic nitrogens is 3. The lowest BCUT2D eigenvalue weighted by Crippen LogP contribution is -2.54. The van der Waals surface area contributed by atoms with Gasteiger partial charge in [-0.15, -0.1) is 0 Å². The quantitative estimate of drug-likeness (QED) is 0.837. The normalized spacial score (nSPS) is 28.9. The average Bonchev–Trinajstić information content (AvgIpc) is 3.19. The number of carbonyl (C=O) groups excluding carboxylic acids is 1. The summed E-state index contributed by atoms with van der Waals surface area (Å²) in [6.45, 7) is 1.88. The first-order valence-corrected chi connectivity index (χ1v) is 8.27. The van der Waals surface area contributed by atoms with E-state index in [1.807, 2.05) is 0 Å². The maximum atomic E-state index is 13.1. The summed E-state index contributed by atoms with van der Waals surface area (Å²) in [7, 11) is 1.33. The number of halogens is 1. The molecule has 0 spiro atoms. The van der Waals surface area contributed by atoms with Gasteiger partial charge in [0.05, 0.1) is 19.1 Å². The molecule has 0 radical (unpaired) electrons. The maximum Gasteiger partial charge on any atom is 0.314 e. The number of carbonyl (C=O) groups is 1. The lowest BCUT2D eigenvalue weighted by atomic mass is 9.71. The highest BCUT2D eigenvalue weighted by Crippen LogP contribution is 2.52. The third-order valence-electron chi connectivity index (χ3n) is 5.52. The minimum Gasteiger partial charge on any atom is -0.469 e. The van der Waals surface area contributed by atoms with Crippen molar-refractivity contribution in [2.24, 2.45) is 11.3 Å². The molecular formula is C18H22FN3O3. The number of hydrogen-bond donors (Lipinski definition) is 1. The zero-order valence-corrected chi connectivity index (χ0v) is 14.4. The second-order valence-electron chi connectivity index (χ2n) is 6.91. The summed E-state index contributed by atoms with van der Waals surface area (Å²) in [6, 6.07) is 6.22. The number of benzene rings is 1. The van der Waals surface area contributed by atoms with Crippen LogP contribution in [0.1, 0.15) is 25.3 Å². The highest BCUT2D eigenvalue weighted by atomic mass is 19.1. The predicted molar refractivity (Wildman–Crippen MR) is 87.9 cm³/mol. The first kappa shape index (κ1) is 17.5. The van der Waals surface area contributed by atoms with Gasteiger partial charge in [-0.2, -0.15) is 5.10 Å². The maximum absolute atomic E-state index is 13.1. The molecule has 1 saturated carbocycles. The van der Waals surface area contributed by atoms with E-state index in [2.05, 4.69) is 10.1 Å². The molecule has 1 N–H and O–H groups in total. The van der Waals surface area contributed by atoms with Crippen LogP contribution >= 0.6 is 0 Å². The third-order valence-corrected chi connectivity index (χ3v) is 5.52. The molecule has 25 heavy (non-hydrogen) atoms. The van der Waals surface area contributed by atoms with Gasteiger partial charge in [-0.05, 0) is 49.8 Å². The number of methoxy groups -OCH3 is 1. The summed E-state index contributed by atoms with van der Waals surface area (Å²) in [6.07, 6.45) is 4.62. The zero-order chi connectivity index (χ0) is 18.1. The van der Waals surface area contributed by atoms with Gasteiger partial charge >= 0.3 is 5.97 Å². The van der Waals surface area contributed by atoms with Crippen molar-refractivity contribution in [1.82, 2.24) is 14.8 Å². The second kappa shape index (κ2) is 6.55. The lowest BCUT2D eigenvalue weighted by Gasteiger charge is -2.40. The molecule has 1 aliphatic carbocycles. The first-order valence-electron chi connectivity index (χ1n) is 8.27. The van der Waals surface area contributed by atoms with Crippen molar-refractivity contribution in [3.8, 4) is 0 Å². The molecule has 3 atom stereocenters. The third kappa shape index (κ3) is 3.04. The Morgan fingerprint density at radius 2 is 2.16 bits per heavy atom. The van der Waals surface area contributed by atoms with Gasteiger partial charge in [-0.3, -0.25) is 9.48 Å². The molecule has 1 heterocycles. The Morgan fingerprint density at radius 1 is 1.44 bits per heavy atom. The van der Waals surface area contributed by atoms with Crippen LogP contribution < -0.4 is 0 Å². The van der Waals surface area contributed by atoms with Crippen LogP contribution in [0.5, 0.6) is 0 Å². The number of esters is 1. The fourth-order valence-electron chi connectivity index (χ4n) is 3.91. The van der Waals surface area contributed by atoms with Gasteiger partial charge in [-0.1, -0.05) is 12.1 Å². The summed E-state index contributed by atoms with van der Waals surface area (Å²) >= 11 is 0. The molecule has 1 fully saturated rings. The average molecular weight is 347 g/mol. The van der Waals surface area contributed by atoms with Crippen LogP contribution in [0, 0.1) is 17.2 Å². The molecule has 7 heteroatoms. The fraction of sp³-hybridized carbons (Fsp3) is 0.500. The molecule has 6 nitrogen and oxygen atoms in total. The fourth-order valence-corrected chi connectivity index (χ4v) is 3.91. The number of ether oxygens (including phenoxy) is 1. The van der Waals surface area contributed by atoms with Crippen LogP contribution in [0.3, 0.4) is 0 Å². The van der Waals surface area contributed by atoms with Gasteiger partial charge in [0, 0.05) is 0 Å². The van der Waals surface area contributed by atoms with Gasteiger partial charge in [0.2, 0.25) is 0 Å². The Labute approximate surface area is 145 Å². The van der Waals surface area contributed by atoms with Crippen molar-refractivity contribution in [1.29, 1.82) is 0 Å². The topological polar surface area (TPSA) is 77.2 Å². The van der Waals surface area contributed by atoms with E-state index in [1.54, 1.807) is 19.1 Å². The largest absolute Gasteiger partial charge is 0.469 e. The van der Waals surface area contributed by atoms with Crippen LogP contribution in [0.2, 0.25) is 0 Å². The molecule has 0 saturated heterocycles.